The highest BCUT2D eigenvalue weighted by molar-refractivity contribution is 7.11. The van der Waals surface area contributed by atoms with Gasteiger partial charge >= 0.3 is 0 Å². The van der Waals surface area contributed by atoms with Crippen molar-refractivity contribution in [3.05, 3.63) is 5.56 Å². The summed E-state index contributed by atoms with van der Waals surface area (Å²) in [7, 11) is 1.62. The molecule has 100 valence electrons. The van der Waals surface area contributed by atoms with Crippen LogP contribution in [-0.4, -0.2) is 30.4 Å². The van der Waals surface area contributed by atoms with Crippen molar-refractivity contribution >= 4 is 28.3 Å². The molecule has 0 radical (unpaired) electrons. The van der Waals surface area contributed by atoms with Crippen molar-refractivity contribution in [1.29, 1.82) is 0 Å². The second-order valence-electron chi connectivity index (χ2n) is 4.58. The Morgan fingerprint density at radius 1 is 1.28 bits per heavy atom. The average molecular weight is 268 g/mol. The number of anilines is 2. The average Bonchev–Trinajstić information content (AvgIpc) is 2.70. The highest BCUT2D eigenvalue weighted by Gasteiger charge is 2.22. The van der Waals surface area contributed by atoms with E-state index in [-0.39, 0.29) is 5.91 Å². The summed E-state index contributed by atoms with van der Waals surface area (Å²) in [5.41, 5.74) is 6.35. The number of amides is 1. The first-order chi connectivity index (χ1) is 8.74. The van der Waals surface area contributed by atoms with E-state index in [0.29, 0.717) is 11.4 Å². The molecule has 1 fully saturated rings. The lowest BCUT2D eigenvalue weighted by Gasteiger charge is -2.25. The van der Waals surface area contributed by atoms with E-state index in [1.165, 1.54) is 43.6 Å². The minimum atomic E-state index is -0.140. The largest absolute Gasteiger partial charge is 0.382 e. The van der Waals surface area contributed by atoms with Gasteiger partial charge in [0.25, 0.3) is 5.91 Å². The van der Waals surface area contributed by atoms with Gasteiger partial charge in [-0.2, -0.15) is 4.37 Å². The number of hydrogen-bond donors (Lipinski definition) is 2. The first-order valence-electron chi connectivity index (χ1n) is 6.46. The zero-order valence-corrected chi connectivity index (χ0v) is 11.6. The van der Waals surface area contributed by atoms with Gasteiger partial charge in [0, 0.05) is 20.1 Å². The molecule has 1 aliphatic heterocycles. The summed E-state index contributed by atoms with van der Waals surface area (Å²) in [6.45, 7) is 1.98. The number of nitrogens with zero attached hydrogens (tertiary/aromatic N) is 2. The predicted molar refractivity (Wildman–Crippen MR) is 75.2 cm³/mol. The van der Waals surface area contributed by atoms with E-state index in [9.17, 15) is 4.79 Å². The maximum absolute atomic E-state index is 11.9. The fourth-order valence-corrected chi connectivity index (χ4v) is 3.16. The molecule has 1 aromatic heterocycles. The smallest absolute Gasteiger partial charge is 0.257 e. The SMILES string of the molecule is CNC(=O)c1c(N)nsc1N1CCCCCCC1. The van der Waals surface area contributed by atoms with Gasteiger partial charge in [-0.1, -0.05) is 19.3 Å². The Morgan fingerprint density at radius 3 is 2.50 bits per heavy atom. The lowest BCUT2D eigenvalue weighted by atomic mass is 10.1. The zero-order chi connectivity index (χ0) is 13.0. The fourth-order valence-electron chi connectivity index (χ4n) is 2.30. The number of nitrogens with two attached hydrogens (primary N) is 1. The minimum absolute atomic E-state index is 0.140. The molecule has 2 heterocycles. The molecule has 2 rings (SSSR count). The minimum Gasteiger partial charge on any atom is -0.382 e. The van der Waals surface area contributed by atoms with Crippen molar-refractivity contribution in [3.63, 3.8) is 0 Å². The zero-order valence-electron chi connectivity index (χ0n) is 10.7. The molecule has 0 bridgehead atoms. The Labute approximate surface area is 112 Å². The Kier molecular flexibility index (Phi) is 4.41. The molecule has 1 amide bonds. The van der Waals surface area contributed by atoms with Crippen LogP contribution < -0.4 is 16.0 Å². The highest BCUT2D eigenvalue weighted by atomic mass is 32.1. The van der Waals surface area contributed by atoms with Crippen LogP contribution in [-0.2, 0) is 0 Å². The van der Waals surface area contributed by atoms with E-state index in [1.54, 1.807) is 7.05 Å². The first kappa shape index (κ1) is 13.1. The predicted octanol–water partition coefficient (Wildman–Crippen LogP) is 1.86. The molecule has 0 spiro atoms. The summed E-state index contributed by atoms with van der Waals surface area (Å²) in [6.07, 6.45) is 6.19. The fraction of sp³-hybridized carbons (Fsp3) is 0.667. The van der Waals surface area contributed by atoms with Crippen LogP contribution in [0.2, 0.25) is 0 Å². The van der Waals surface area contributed by atoms with Gasteiger partial charge in [-0.05, 0) is 24.4 Å². The van der Waals surface area contributed by atoms with Crippen molar-refractivity contribution in [2.24, 2.45) is 0 Å². The number of nitrogens with one attached hydrogen (secondary N) is 1. The second kappa shape index (κ2) is 6.04. The third-order valence-corrected chi connectivity index (χ3v) is 4.22. The van der Waals surface area contributed by atoms with Gasteiger partial charge in [0.2, 0.25) is 0 Å². The van der Waals surface area contributed by atoms with Crippen molar-refractivity contribution in [2.75, 3.05) is 30.8 Å². The Hall–Kier alpha value is -1.30. The molecule has 18 heavy (non-hydrogen) atoms. The van der Waals surface area contributed by atoms with Crippen LogP contribution in [0, 0.1) is 0 Å². The number of aromatic nitrogens is 1. The summed E-state index contributed by atoms with van der Waals surface area (Å²) in [4.78, 5) is 14.1. The summed E-state index contributed by atoms with van der Waals surface area (Å²) in [6, 6.07) is 0. The van der Waals surface area contributed by atoms with Crippen molar-refractivity contribution in [1.82, 2.24) is 9.69 Å². The van der Waals surface area contributed by atoms with Crippen LogP contribution in [0.25, 0.3) is 0 Å². The number of rotatable bonds is 2. The molecule has 0 saturated carbocycles. The van der Waals surface area contributed by atoms with E-state index in [4.69, 9.17) is 5.73 Å². The first-order valence-corrected chi connectivity index (χ1v) is 7.23. The molecule has 0 aliphatic carbocycles. The van der Waals surface area contributed by atoms with Crippen molar-refractivity contribution in [2.45, 2.75) is 32.1 Å². The van der Waals surface area contributed by atoms with Crippen LogP contribution in [0.3, 0.4) is 0 Å². The molecule has 0 unspecified atom stereocenters. The number of nitrogen functional groups attached to an aromatic ring is 1. The third-order valence-electron chi connectivity index (χ3n) is 3.30. The van der Waals surface area contributed by atoms with Crippen LogP contribution in [0.15, 0.2) is 0 Å². The molecule has 0 aromatic carbocycles. The maximum Gasteiger partial charge on any atom is 0.257 e. The second-order valence-corrected chi connectivity index (χ2v) is 5.33. The molecular weight excluding hydrogens is 248 g/mol. The van der Waals surface area contributed by atoms with E-state index in [0.717, 1.165) is 18.1 Å². The van der Waals surface area contributed by atoms with Crippen molar-refractivity contribution < 1.29 is 4.79 Å². The molecule has 1 aliphatic rings. The molecule has 3 N–H and O–H groups in total. The highest BCUT2D eigenvalue weighted by Crippen LogP contribution is 2.31. The molecule has 6 heteroatoms. The van der Waals surface area contributed by atoms with E-state index in [2.05, 4.69) is 14.6 Å². The summed E-state index contributed by atoms with van der Waals surface area (Å²) >= 11 is 1.33. The van der Waals surface area contributed by atoms with E-state index in [1.807, 2.05) is 0 Å². The van der Waals surface area contributed by atoms with Gasteiger partial charge in [-0.15, -0.1) is 0 Å². The Bertz CT molecular complexity index is 410. The lowest BCUT2D eigenvalue weighted by molar-refractivity contribution is 0.0964. The number of hydrogen-bond acceptors (Lipinski definition) is 5. The Morgan fingerprint density at radius 2 is 1.89 bits per heavy atom. The van der Waals surface area contributed by atoms with Gasteiger partial charge in [-0.3, -0.25) is 4.79 Å². The monoisotopic (exact) mass is 268 g/mol. The van der Waals surface area contributed by atoms with Crippen molar-refractivity contribution in [3.8, 4) is 0 Å². The summed E-state index contributed by atoms with van der Waals surface area (Å²) < 4.78 is 4.13. The van der Waals surface area contributed by atoms with E-state index < -0.39 is 0 Å². The standard InChI is InChI=1S/C12H20N4OS/c1-14-11(17)9-10(13)15-18-12(9)16-7-5-3-2-4-6-8-16/h2-8H2,1H3,(H2,13,15)(H,14,17). The number of carbonyl (C=O) groups is 1. The van der Waals surface area contributed by atoms with Gasteiger partial charge in [0.1, 0.15) is 10.6 Å². The quantitative estimate of drug-likeness (QED) is 0.859. The Balaban J connectivity index is 2.22. The molecule has 5 nitrogen and oxygen atoms in total. The van der Waals surface area contributed by atoms with Crippen LogP contribution in [0.4, 0.5) is 10.8 Å². The summed E-state index contributed by atoms with van der Waals surface area (Å²) in [5, 5.41) is 3.56. The molecule has 1 saturated heterocycles. The molecule has 1 aromatic rings. The number of carbonyl (C=O) groups excluding carboxylic acids is 1. The normalized spacial score (nSPS) is 17.1. The van der Waals surface area contributed by atoms with Gasteiger partial charge in [0.15, 0.2) is 5.82 Å². The van der Waals surface area contributed by atoms with Gasteiger partial charge in [-0.25, -0.2) is 0 Å². The third kappa shape index (κ3) is 2.75. The van der Waals surface area contributed by atoms with Gasteiger partial charge < -0.3 is 16.0 Å². The molecule has 0 atom stereocenters. The van der Waals surface area contributed by atoms with E-state index >= 15 is 0 Å². The topological polar surface area (TPSA) is 71.2 Å². The molecular formula is C12H20N4OS. The van der Waals surface area contributed by atoms with Crippen LogP contribution >= 0.6 is 11.5 Å². The summed E-state index contributed by atoms with van der Waals surface area (Å²) in [5.74, 6) is 0.203. The van der Waals surface area contributed by atoms with Gasteiger partial charge in [0.05, 0.1) is 0 Å². The maximum atomic E-state index is 11.9. The van der Waals surface area contributed by atoms with Crippen LogP contribution in [0.5, 0.6) is 0 Å². The van der Waals surface area contributed by atoms with Crippen LogP contribution in [0.1, 0.15) is 42.5 Å². The lowest BCUT2D eigenvalue weighted by Crippen LogP contribution is -2.29.